The molecule has 3 rings (SSSR count). The summed E-state index contributed by atoms with van der Waals surface area (Å²) >= 11 is 6.14. The summed E-state index contributed by atoms with van der Waals surface area (Å²) in [6, 6.07) is 6.89. The zero-order valence-electron chi connectivity index (χ0n) is 14.1. The maximum atomic E-state index is 13.5. The summed E-state index contributed by atoms with van der Waals surface area (Å²) in [6.07, 6.45) is 1.29. The third-order valence-corrected chi connectivity index (χ3v) is 4.21. The molecule has 0 fully saturated rings. The molecule has 0 aliphatic heterocycles. The number of aromatic nitrogens is 3. The fourth-order valence-electron chi connectivity index (χ4n) is 2.84. The van der Waals surface area contributed by atoms with Crippen LogP contribution >= 0.6 is 11.6 Å². The van der Waals surface area contributed by atoms with Crippen molar-refractivity contribution in [1.29, 1.82) is 0 Å². The maximum absolute atomic E-state index is 13.5. The summed E-state index contributed by atoms with van der Waals surface area (Å²) in [5.74, 6) is -0.589. The summed E-state index contributed by atoms with van der Waals surface area (Å²) in [5, 5.41) is 0.370. The summed E-state index contributed by atoms with van der Waals surface area (Å²) in [4.78, 5) is 16.1. The predicted molar refractivity (Wildman–Crippen MR) is 94.8 cm³/mol. The molecule has 2 heterocycles. The largest absolute Gasteiger partial charge is 0.328 e. The Morgan fingerprint density at radius 3 is 2.58 bits per heavy atom. The van der Waals surface area contributed by atoms with Gasteiger partial charge in [0.15, 0.2) is 0 Å². The summed E-state index contributed by atoms with van der Waals surface area (Å²) in [7, 11) is 1.74. The van der Waals surface area contributed by atoms with Gasteiger partial charge in [-0.1, -0.05) is 38.4 Å². The smallest absolute Gasteiger partial charge is 0.295 e. The standard InChI is InChI=1S/C18H19ClFN3O/c1-18(2,3)10-23-14-6-5-11(7-15(14)22(4)17(23)24)12-8-16(20)21-9-13(12)19/h5-9H,10H2,1-4H3. The van der Waals surface area contributed by atoms with Crippen molar-refractivity contribution in [3.8, 4) is 11.1 Å². The number of aryl methyl sites for hydroxylation is 1. The van der Waals surface area contributed by atoms with Crippen molar-refractivity contribution in [2.75, 3.05) is 0 Å². The lowest BCUT2D eigenvalue weighted by Crippen LogP contribution is -2.27. The Hall–Kier alpha value is -2.14. The van der Waals surface area contributed by atoms with Gasteiger partial charge in [0.25, 0.3) is 0 Å². The average molecular weight is 348 g/mol. The number of imidazole rings is 1. The van der Waals surface area contributed by atoms with Gasteiger partial charge >= 0.3 is 5.69 Å². The molecule has 0 N–H and O–H groups in total. The lowest BCUT2D eigenvalue weighted by Gasteiger charge is -2.18. The zero-order chi connectivity index (χ0) is 17.6. The number of fused-ring (bicyclic) bond motifs is 1. The van der Waals surface area contributed by atoms with Gasteiger partial charge in [-0.3, -0.25) is 9.13 Å². The number of pyridine rings is 1. The highest BCUT2D eigenvalue weighted by Gasteiger charge is 2.18. The SMILES string of the molecule is Cn1c(=O)n(CC(C)(C)C)c2ccc(-c3cc(F)ncc3Cl)cc21. The Balaban J connectivity index is 2.21. The van der Waals surface area contributed by atoms with E-state index in [1.165, 1.54) is 12.3 Å². The van der Waals surface area contributed by atoms with Gasteiger partial charge in [-0.25, -0.2) is 9.78 Å². The highest BCUT2D eigenvalue weighted by molar-refractivity contribution is 6.33. The molecular weight excluding hydrogens is 329 g/mol. The molecule has 4 nitrogen and oxygen atoms in total. The molecule has 0 radical (unpaired) electrons. The minimum atomic E-state index is -0.589. The van der Waals surface area contributed by atoms with Crippen LogP contribution in [0.5, 0.6) is 0 Å². The summed E-state index contributed by atoms with van der Waals surface area (Å²) in [5.41, 5.74) is 2.86. The second-order valence-corrected chi connectivity index (χ2v) is 7.59. The fraction of sp³-hybridized carbons (Fsp3) is 0.333. The molecule has 2 aromatic heterocycles. The first-order valence-electron chi connectivity index (χ1n) is 7.68. The van der Waals surface area contributed by atoms with E-state index in [1.54, 1.807) is 16.2 Å². The molecule has 126 valence electrons. The molecule has 0 atom stereocenters. The first-order valence-corrected chi connectivity index (χ1v) is 8.06. The molecule has 0 aliphatic rings. The van der Waals surface area contributed by atoms with E-state index in [4.69, 9.17) is 11.6 Å². The number of rotatable bonds is 2. The second-order valence-electron chi connectivity index (χ2n) is 7.18. The quantitative estimate of drug-likeness (QED) is 0.650. The molecule has 0 bridgehead atoms. The number of benzene rings is 1. The van der Waals surface area contributed by atoms with Crippen LogP contribution in [-0.2, 0) is 13.6 Å². The lowest BCUT2D eigenvalue weighted by molar-refractivity contribution is 0.342. The Kier molecular flexibility index (Phi) is 4.00. The number of hydrogen-bond donors (Lipinski definition) is 0. The first kappa shape index (κ1) is 16.7. The van der Waals surface area contributed by atoms with E-state index in [0.29, 0.717) is 17.1 Å². The fourth-order valence-corrected chi connectivity index (χ4v) is 3.05. The van der Waals surface area contributed by atoms with Gasteiger partial charge in [-0.05, 0) is 23.1 Å². The molecule has 3 aromatic rings. The van der Waals surface area contributed by atoms with Crippen LogP contribution in [0.2, 0.25) is 5.02 Å². The highest BCUT2D eigenvalue weighted by Crippen LogP contribution is 2.30. The number of hydrogen-bond acceptors (Lipinski definition) is 2. The molecular formula is C18H19ClFN3O. The van der Waals surface area contributed by atoms with E-state index in [9.17, 15) is 9.18 Å². The van der Waals surface area contributed by atoms with Crippen molar-refractivity contribution in [2.45, 2.75) is 27.3 Å². The maximum Gasteiger partial charge on any atom is 0.328 e. The molecule has 0 saturated heterocycles. The van der Waals surface area contributed by atoms with E-state index >= 15 is 0 Å². The minimum absolute atomic E-state index is 0.0195. The predicted octanol–water partition coefficient (Wildman–Crippen LogP) is 4.24. The van der Waals surface area contributed by atoms with E-state index in [-0.39, 0.29) is 11.1 Å². The minimum Gasteiger partial charge on any atom is -0.295 e. The molecule has 0 spiro atoms. The van der Waals surface area contributed by atoms with Crippen molar-refractivity contribution in [3.05, 3.63) is 51.9 Å². The van der Waals surface area contributed by atoms with Crippen LogP contribution in [0.15, 0.2) is 35.3 Å². The van der Waals surface area contributed by atoms with Gasteiger partial charge in [0.05, 0.1) is 16.1 Å². The molecule has 0 aliphatic carbocycles. The lowest BCUT2D eigenvalue weighted by atomic mass is 9.97. The molecule has 24 heavy (non-hydrogen) atoms. The molecule has 0 unspecified atom stereocenters. The van der Waals surface area contributed by atoms with Crippen LogP contribution < -0.4 is 5.69 Å². The number of halogens is 2. The van der Waals surface area contributed by atoms with Crippen LogP contribution in [0.25, 0.3) is 22.2 Å². The van der Waals surface area contributed by atoms with Gasteiger partial charge in [0.2, 0.25) is 5.95 Å². The highest BCUT2D eigenvalue weighted by atomic mass is 35.5. The van der Waals surface area contributed by atoms with Gasteiger partial charge in [-0.15, -0.1) is 0 Å². The van der Waals surface area contributed by atoms with Gasteiger partial charge < -0.3 is 0 Å². The Bertz CT molecular complexity index is 982. The van der Waals surface area contributed by atoms with Crippen LogP contribution in [0.4, 0.5) is 4.39 Å². The summed E-state index contributed by atoms with van der Waals surface area (Å²) < 4.78 is 16.8. The monoisotopic (exact) mass is 347 g/mol. The van der Waals surface area contributed by atoms with Gasteiger partial charge in [0, 0.05) is 31.4 Å². The zero-order valence-corrected chi connectivity index (χ0v) is 14.9. The average Bonchev–Trinajstić information content (AvgIpc) is 2.73. The molecule has 1 aromatic carbocycles. The van der Waals surface area contributed by atoms with Crippen molar-refractivity contribution in [3.63, 3.8) is 0 Å². The van der Waals surface area contributed by atoms with Gasteiger partial charge in [-0.2, -0.15) is 4.39 Å². The van der Waals surface area contributed by atoms with E-state index in [1.807, 2.05) is 18.2 Å². The van der Waals surface area contributed by atoms with Gasteiger partial charge in [0.1, 0.15) is 0 Å². The second kappa shape index (κ2) is 5.74. The normalized spacial score (nSPS) is 12.1. The molecule has 6 heteroatoms. The van der Waals surface area contributed by atoms with E-state index in [2.05, 4.69) is 25.8 Å². The Morgan fingerprint density at radius 2 is 1.92 bits per heavy atom. The van der Waals surface area contributed by atoms with Crippen molar-refractivity contribution >= 4 is 22.6 Å². The van der Waals surface area contributed by atoms with E-state index in [0.717, 1.165) is 16.6 Å². The van der Waals surface area contributed by atoms with Crippen LogP contribution in [-0.4, -0.2) is 14.1 Å². The molecule has 0 saturated carbocycles. The molecule has 0 amide bonds. The Morgan fingerprint density at radius 1 is 1.21 bits per heavy atom. The third-order valence-electron chi connectivity index (χ3n) is 3.91. The Labute approximate surface area is 144 Å². The van der Waals surface area contributed by atoms with Crippen LogP contribution in [0.3, 0.4) is 0 Å². The van der Waals surface area contributed by atoms with E-state index < -0.39 is 5.95 Å². The van der Waals surface area contributed by atoms with Crippen LogP contribution in [0, 0.1) is 11.4 Å². The van der Waals surface area contributed by atoms with Crippen LogP contribution in [0.1, 0.15) is 20.8 Å². The topological polar surface area (TPSA) is 39.8 Å². The van der Waals surface area contributed by atoms with Crippen molar-refractivity contribution in [2.24, 2.45) is 12.5 Å². The summed E-state index contributed by atoms with van der Waals surface area (Å²) in [6.45, 7) is 6.89. The van der Waals surface area contributed by atoms with Crippen molar-refractivity contribution in [1.82, 2.24) is 14.1 Å². The first-order chi connectivity index (χ1) is 11.2. The van der Waals surface area contributed by atoms with Crippen molar-refractivity contribution < 1.29 is 4.39 Å². The number of nitrogens with zero attached hydrogens (tertiary/aromatic N) is 3. The third kappa shape index (κ3) is 2.96.